The van der Waals surface area contributed by atoms with Gasteiger partial charge in [-0.1, -0.05) is 18.9 Å². The van der Waals surface area contributed by atoms with E-state index in [0.717, 1.165) is 36.1 Å². The quantitative estimate of drug-likeness (QED) is 0.836. The molecular weight excluding hydrogens is 258 g/mol. The predicted molar refractivity (Wildman–Crippen MR) is 78.7 cm³/mol. The molecule has 1 aromatic rings. The van der Waals surface area contributed by atoms with Gasteiger partial charge < -0.3 is 10.4 Å². The highest BCUT2D eigenvalue weighted by Crippen LogP contribution is 2.21. The third kappa shape index (κ3) is 3.51. The fourth-order valence-electron chi connectivity index (χ4n) is 2.50. The molecule has 2 unspecified atom stereocenters. The zero-order valence-electron chi connectivity index (χ0n) is 11.5. The number of thioether (sulfide) groups is 1. The summed E-state index contributed by atoms with van der Waals surface area (Å²) in [7, 11) is 0. The van der Waals surface area contributed by atoms with Crippen molar-refractivity contribution in [3.05, 3.63) is 29.3 Å². The van der Waals surface area contributed by atoms with Crippen LogP contribution in [0.3, 0.4) is 0 Å². The largest absolute Gasteiger partial charge is 0.391 e. The topological polar surface area (TPSA) is 49.3 Å². The average Bonchev–Trinajstić information content (AvgIpc) is 2.42. The smallest absolute Gasteiger partial charge is 0.251 e. The van der Waals surface area contributed by atoms with Gasteiger partial charge in [0.25, 0.3) is 5.91 Å². The van der Waals surface area contributed by atoms with E-state index in [2.05, 4.69) is 5.32 Å². The predicted octanol–water partition coefficient (Wildman–Crippen LogP) is 2.75. The van der Waals surface area contributed by atoms with Crippen molar-refractivity contribution in [1.29, 1.82) is 0 Å². The first kappa shape index (κ1) is 14.4. The van der Waals surface area contributed by atoms with E-state index in [4.69, 9.17) is 0 Å². The molecule has 19 heavy (non-hydrogen) atoms. The van der Waals surface area contributed by atoms with Crippen molar-refractivity contribution in [2.45, 2.75) is 49.6 Å². The molecule has 1 fully saturated rings. The number of amides is 1. The van der Waals surface area contributed by atoms with Gasteiger partial charge in [0.2, 0.25) is 0 Å². The first-order valence-corrected chi connectivity index (χ1v) is 7.98. The molecule has 104 valence electrons. The number of aliphatic hydroxyl groups is 1. The maximum atomic E-state index is 12.3. The molecule has 0 heterocycles. The third-order valence-electron chi connectivity index (χ3n) is 3.74. The summed E-state index contributed by atoms with van der Waals surface area (Å²) in [5.41, 5.74) is 1.69. The fourth-order valence-corrected chi connectivity index (χ4v) is 2.94. The van der Waals surface area contributed by atoms with Crippen LogP contribution in [0.5, 0.6) is 0 Å². The second-order valence-corrected chi connectivity index (χ2v) is 5.99. The molecule has 1 saturated carbocycles. The number of hydrogen-bond donors (Lipinski definition) is 2. The second kappa shape index (κ2) is 6.44. The van der Waals surface area contributed by atoms with E-state index in [1.807, 2.05) is 31.4 Å². The first-order valence-electron chi connectivity index (χ1n) is 6.75. The zero-order chi connectivity index (χ0) is 13.8. The van der Waals surface area contributed by atoms with E-state index in [-0.39, 0.29) is 11.9 Å². The lowest BCUT2D eigenvalue weighted by atomic mass is 9.92. The van der Waals surface area contributed by atoms with Gasteiger partial charge in [0.1, 0.15) is 0 Å². The molecule has 0 aromatic heterocycles. The van der Waals surface area contributed by atoms with Crippen LogP contribution in [0.4, 0.5) is 0 Å². The summed E-state index contributed by atoms with van der Waals surface area (Å²) in [5, 5.41) is 12.9. The van der Waals surface area contributed by atoms with Crippen LogP contribution in [-0.2, 0) is 0 Å². The van der Waals surface area contributed by atoms with Crippen molar-refractivity contribution in [3.8, 4) is 0 Å². The highest BCUT2D eigenvalue weighted by atomic mass is 32.2. The van der Waals surface area contributed by atoms with E-state index in [1.54, 1.807) is 11.8 Å². The molecule has 0 spiro atoms. The molecule has 4 heteroatoms. The Labute approximate surface area is 118 Å². The molecule has 2 atom stereocenters. The SMILES string of the molecule is CSc1ccc(C)c(C(=O)NC2CCCCC2O)c1. The van der Waals surface area contributed by atoms with Crippen LogP contribution in [0.2, 0.25) is 0 Å². The number of benzene rings is 1. The Balaban J connectivity index is 2.10. The lowest BCUT2D eigenvalue weighted by molar-refractivity contribution is 0.0716. The Morgan fingerprint density at radius 3 is 2.79 bits per heavy atom. The van der Waals surface area contributed by atoms with E-state index >= 15 is 0 Å². The number of nitrogens with one attached hydrogen (secondary N) is 1. The molecule has 0 radical (unpaired) electrons. The van der Waals surface area contributed by atoms with Gasteiger partial charge in [-0.3, -0.25) is 4.79 Å². The Kier molecular flexibility index (Phi) is 4.88. The zero-order valence-corrected chi connectivity index (χ0v) is 12.3. The van der Waals surface area contributed by atoms with Gasteiger partial charge in [-0.15, -0.1) is 11.8 Å². The van der Waals surface area contributed by atoms with Crippen LogP contribution in [0.15, 0.2) is 23.1 Å². The number of hydrogen-bond acceptors (Lipinski definition) is 3. The molecule has 2 rings (SSSR count). The van der Waals surface area contributed by atoms with E-state index < -0.39 is 6.10 Å². The summed E-state index contributed by atoms with van der Waals surface area (Å²) < 4.78 is 0. The normalized spacial score (nSPS) is 23.1. The van der Waals surface area contributed by atoms with Gasteiger partial charge in [0.05, 0.1) is 12.1 Å². The van der Waals surface area contributed by atoms with Gasteiger partial charge in [-0.05, 0) is 43.7 Å². The van der Waals surface area contributed by atoms with E-state index in [1.165, 1.54) is 0 Å². The molecule has 0 saturated heterocycles. The van der Waals surface area contributed by atoms with E-state index in [0.29, 0.717) is 5.56 Å². The summed E-state index contributed by atoms with van der Waals surface area (Å²) in [6.45, 7) is 1.94. The minimum Gasteiger partial charge on any atom is -0.391 e. The molecule has 1 aliphatic carbocycles. The number of carbonyl (C=O) groups excluding carboxylic acids is 1. The molecule has 1 aliphatic rings. The van der Waals surface area contributed by atoms with Crippen LogP contribution >= 0.6 is 11.8 Å². The minimum atomic E-state index is -0.401. The van der Waals surface area contributed by atoms with Gasteiger partial charge in [-0.2, -0.15) is 0 Å². The highest BCUT2D eigenvalue weighted by Gasteiger charge is 2.25. The van der Waals surface area contributed by atoms with Crippen molar-refractivity contribution >= 4 is 17.7 Å². The Bertz CT molecular complexity index is 461. The number of rotatable bonds is 3. The second-order valence-electron chi connectivity index (χ2n) is 5.11. The summed E-state index contributed by atoms with van der Waals surface area (Å²) in [4.78, 5) is 13.4. The van der Waals surface area contributed by atoms with Gasteiger partial charge in [-0.25, -0.2) is 0 Å². The first-order chi connectivity index (χ1) is 9.11. The summed E-state index contributed by atoms with van der Waals surface area (Å²) in [5.74, 6) is -0.0700. The Morgan fingerprint density at radius 2 is 2.11 bits per heavy atom. The Morgan fingerprint density at radius 1 is 1.37 bits per heavy atom. The molecular formula is C15H21NO2S. The monoisotopic (exact) mass is 279 g/mol. The van der Waals surface area contributed by atoms with E-state index in [9.17, 15) is 9.90 Å². The van der Waals surface area contributed by atoms with Crippen molar-refractivity contribution in [2.75, 3.05) is 6.26 Å². The number of aryl methyl sites for hydroxylation is 1. The average molecular weight is 279 g/mol. The van der Waals surface area contributed by atoms with Crippen LogP contribution < -0.4 is 5.32 Å². The lowest BCUT2D eigenvalue weighted by Gasteiger charge is -2.28. The van der Waals surface area contributed by atoms with Crippen molar-refractivity contribution < 1.29 is 9.90 Å². The molecule has 1 amide bonds. The van der Waals surface area contributed by atoms with Crippen molar-refractivity contribution in [3.63, 3.8) is 0 Å². The maximum absolute atomic E-state index is 12.3. The van der Waals surface area contributed by atoms with Crippen LogP contribution in [0.25, 0.3) is 0 Å². The number of carbonyl (C=O) groups is 1. The highest BCUT2D eigenvalue weighted by molar-refractivity contribution is 7.98. The summed E-state index contributed by atoms with van der Waals surface area (Å²) in [6, 6.07) is 5.81. The molecule has 1 aromatic carbocycles. The fraction of sp³-hybridized carbons (Fsp3) is 0.533. The van der Waals surface area contributed by atoms with Crippen LogP contribution in [0, 0.1) is 6.92 Å². The van der Waals surface area contributed by atoms with Crippen molar-refractivity contribution in [2.24, 2.45) is 0 Å². The van der Waals surface area contributed by atoms with Crippen LogP contribution in [-0.4, -0.2) is 29.4 Å². The summed E-state index contributed by atoms with van der Waals surface area (Å²) >= 11 is 1.63. The van der Waals surface area contributed by atoms with Crippen LogP contribution in [0.1, 0.15) is 41.6 Å². The minimum absolute atomic E-state index is 0.0700. The molecule has 2 N–H and O–H groups in total. The lowest BCUT2D eigenvalue weighted by Crippen LogP contribution is -2.45. The maximum Gasteiger partial charge on any atom is 0.251 e. The third-order valence-corrected chi connectivity index (χ3v) is 4.46. The summed E-state index contributed by atoms with van der Waals surface area (Å²) in [6.07, 6.45) is 5.38. The standard InChI is InChI=1S/C15H21NO2S/c1-10-7-8-11(19-2)9-12(10)15(18)16-13-5-3-4-6-14(13)17/h7-9,13-14,17H,3-6H2,1-2H3,(H,16,18). The molecule has 3 nitrogen and oxygen atoms in total. The van der Waals surface area contributed by atoms with Gasteiger partial charge >= 0.3 is 0 Å². The number of aliphatic hydroxyl groups excluding tert-OH is 1. The van der Waals surface area contributed by atoms with Gasteiger partial charge in [0, 0.05) is 10.5 Å². The van der Waals surface area contributed by atoms with Gasteiger partial charge in [0.15, 0.2) is 0 Å². The molecule has 0 bridgehead atoms. The molecule has 0 aliphatic heterocycles. The van der Waals surface area contributed by atoms with Crippen molar-refractivity contribution in [1.82, 2.24) is 5.32 Å². The Hall–Kier alpha value is -1.00.